The molecule has 8 aromatic rings. The highest BCUT2D eigenvalue weighted by atomic mass is 15.2. The van der Waals surface area contributed by atoms with E-state index in [0.717, 1.165) is 0 Å². The Kier molecular flexibility index (Phi) is 6.67. The molecule has 3 aliphatic rings. The van der Waals surface area contributed by atoms with E-state index in [1.807, 2.05) is 0 Å². The average molecular weight is 693 g/mol. The predicted molar refractivity (Wildman–Crippen MR) is 225 cm³/mol. The zero-order valence-electron chi connectivity index (χ0n) is 30.5. The van der Waals surface area contributed by atoms with Gasteiger partial charge in [-0.05, 0) is 82.1 Å². The van der Waals surface area contributed by atoms with Crippen LogP contribution in [0.1, 0.15) is 58.7 Å². The van der Waals surface area contributed by atoms with Crippen molar-refractivity contribution in [2.45, 2.75) is 36.6 Å². The van der Waals surface area contributed by atoms with E-state index in [-0.39, 0.29) is 12.0 Å². The highest BCUT2D eigenvalue weighted by Gasteiger charge is 2.53. The maximum atomic E-state index is 3.97. The SMILES string of the molecule is CC1(c2ccccc2)c2ccc3c([nH]c4ccccc43)c2C(C)(c2ccccc2)c2ccc3c(c21)N(c1ccc(-c2ccccc2)cc1)C1C=CC=CC31. The summed E-state index contributed by atoms with van der Waals surface area (Å²) in [6, 6.07) is 61.1. The number of para-hydroxylation sites is 1. The van der Waals surface area contributed by atoms with Crippen molar-refractivity contribution in [2.75, 3.05) is 4.90 Å². The molecule has 1 aromatic heterocycles. The Balaban J connectivity index is 1.26. The lowest BCUT2D eigenvalue weighted by molar-refractivity contribution is 0.571. The zero-order chi connectivity index (χ0) is 36.0. The number of allylic oxidation sites excluding steroid dienone is 2. The number of rotatable bonds is 4. The van der Waals surface area contributed by atoms with Gasteiger partial charge in [0.15, 0.2) is 0 Å². The fraction of sp³-hybridized carbons (Fsp3) is 0.115. The summed E-state index contributed by atoms with van der Waals surface area (Å²) in [4.78, 5) is 6.63. The van der Waals surface area contributed by atoms with Crippen molar-refractivity contribution in [3.05, 3.63) is 227 Å². The van der Waals surface area contributed by atoms with Gasteiger partial charge in [0.1, 0.15) is 0 Å². The van der Waals surface area contributed by atoms with Gasteiger partial charge in [-0.2, -0.15) is 0 Å². The van der Waals surface area contributed by atoms with Gasteiger partial charge in [0, 0.05) is 38.7 Å². The summed E-state index contributed by atoms with van der Waals surface area (Å²) in [5.41, 5.74) is 15.9. The van der Waals surface area contributed by atoms with Crippen LogP contribution in [0.15, 0.2) is 188 Å². The van der Waals surface area contributed by atoms with Gasteiger partial charge in [-0.25, -0.2) is 0 Å². The van der Waals surface area contributed by atoms with Crippen molar-refractivity contribution in [3.63, 3.8) is 0 Å². The van der Waals surface area contributed by atoms with Gasteiger partial charge in [0.2, 0.25) is 0 Å². The first-order chi connectivity index (χ1) is 26.6. The summed E-state index contributed by atoms with van der Waals surface area (Å²) in [5, 5.41) is 2.53. The number of anilines is 2. The normalized spacial score (nSPS) is 22.2. The fourth-order valence-corrected chi connectivity index (χ4v) is 10.4. The van der Waals surface area contributed by atoms with Gasteiger partial charge >= 0.3 is 0 Å². The van der Waals surface area contributed by atoms with Crippen molar-refractivity contribution < 1.29 is 0 Å². The molecule has 4 atom stereocenters. The molecule has 2 heterocycles. The summed E-state index contributed by atoms with van der Waals surface area (Å²) in [7, 11) is 0. The molecule has 1 aliphatic heterocycles. The molecule has 54 heavy (non-hydrogen) atoms. The lowest BCUT2D eigenvalue weighted by atomic mass is 9.54. The molecule has 2 aliphatic carbocycles. The second kappa shape index (κ2) is 11.6. The van der Waals surface area contributed by atoms with Gasteiger partial charge in [0.25, 0.3) is 0 Å². The van der Waals surface area contributed by atoms with E-state index >= 15 is 0 Å². The molecule has 4 unspecified atom stereocenters. The number of hydrogen-bond donors (Lipinski definition) is 1. The van der Waals surface area contributed by atoms with Crippen LogP contribution < -0.4 is 4.90 Å². The predicted octanol–water partition coefficient (Wildman–Crippen LogP) is 12.7. The largest absolute Gasteiger partial charge is 0.354 e. The number of aromatic amines is 1. The van der Waals surface area contributed by atoms with E-state index in [9.17, 15) is 0 Å². The van der Waals surface area contributed by atoms with Crippen LogP contribution in [0.2, 0.25) is 0 Å². The minimum atomic E-state index is -0.472. The van der Waals surface area contributed by atoms with E-state index in [1.54, 1.807) is 0 Å². The van der Waals surface area contributed by atoms with Crippen LogP contribution in [-0.4, -0.2) is 11.0 Å². The smallest absolute Gasteiger partial charge is 0.0629 e. The molecule has 258 valence electrons. The molecular weight excluding hydrogens is 653 g/mol. The molecule has 0 radical (unpaired) electrons. The maximum absolute atomic E-state index is 3.97. The molecule has 11 rings (SSSR count). The van der Waals surface area contributed by atoms with Crippen LogP contribution in [-0.2, 0) is 10.8 Å². The molecule has 2 heteroatoms. The highest BCUT2D eigenvalue weighted by Crippen LogP contribution is 2.63. The molecule has 0 bridgehead atoms. The molecule has 0 spiro atoms. The zero-order valence-corrected chi connectivity index (χ0v) is 30.5. The topological polar surface area (TPSA) is 19.0 Å². The van der Waals surface area contributed by atoms with E-state index in [4.69, 9.17) is 0 Å². The van der Waals surface area contributed by atoms with Gasteiger partial charge in [0.05, 0.1) is 17.2 Å². The Bertz CT molecular complexity index is 2790. The summed E-state index contributed by atoms with van der Waals surface area (Å²) in [5.74, 6) is 0.240. The summed E-state index contributed by atoms with van der Waals surface area (Å²) in [6.45, 7) is 4.96. The summed E-state index contributed by atoms with van der Waals surface area (Å²) >= 11 is 0. The molecular formula is C52H40N2. The Labute approximate surface area is 316 Å². The molecule has 0 saturated heterocycles. The lowest BCUT2D eigenvalue weighted by Crippen LogP contribution is -2.42. The minimum absolute atomic E-state index is 0.166. The average Bonchev–Trinajstić information content (AvgIpc) is 3.79. The Hall–Kier alpha value is -6.38. The van der Waals surface area contributed by atoms with Crippen molar-refractivity contribution in [1.82, 2.24) is 4.98 Å². The third-order valence-electron chi connectivity index (χ3n) is 12.9. The third kappa shape index (κ3) is 4.17. The van der Waals surface area contributed by atoms with Gasteiger partial charge < -0.3 is 9.88 Å². The van der Waals surface area contributed by atoms with Crippen LogP contribution in [0, 0.1) is 0 Å². The van der Waals surface area contributed by atoms with Crippen LogP contribution in [0.3, 0.4) is 0 Å². The van der Waals surface area contributed by atoms with E-state index in [0.29, 0.717) is 0 Å². The van der Waals surface area contributed by atoms with E-state index in [1.165, 1.54) is 83.3 Å². The first kappa shape index (κ1) is 31.2. The van der Waals surface area contributed by atoms with E-state index < -0.39 is 10.8 Å². The first-order valence-electron chi connectivity index (χ1n) is 19.2. The number of nitrogens with one attached hydrogen (secondary N) is 1. The molecule has 2 nitrogen and oxygen atoms in total. The molecule has 0 fully saturated rings. The monoisotopic (exact) mass is 692 g/mol. The van der Waals surface area contributed by atoms with Gasteiger partial charge in [-0.3, -0.25) is 0 Å². The fourth-order valence-electron chi connectivity index (χ4n) is 10.4. The summed E-state index contributed by atoms with van der Waals surface area (Å²) in [6.07, 6.45) is 9.29. The molecule has 0 saturated carbocycles. The van der Waals surface area contributed by atoms with Gasteiger partial charge in [-0.1, -0.05) is 170 Å². The number of hydrogen-bond acceptors (Lipinski definition) is 1. The minimum Gasteiger partial charge on any atom is -0.354 e. The quantitative estimate of drug-likeness (QED) is 0.195. The molecule has 0 amide bonds. The van der Waals surface area contributed by atoms with Crippen molar-refractivity contribution >= 4 is 33.2 Å². The number of nitrogens with zero attached hydrogens (tertiary/aromatic N) is 1. The van der Waals surface area contributed by atoms with Crippen molar-refractivity contribution in [1.29, 1.82) is 0 Å². The summed E-state index contributed by atoms with van der Waals surface area (Å²) < 4.78 is 0. The van der Waals surface area contributed by atoms with Gasteiger partial charge in [-0.15, -0.1) is 0 Å². The first-order valence-corrected chi connectivity index (χ1v) is 19.2. The Morgan fingerprint density at radius 2 is 1.07 bits per heavy atom. The molecule has 1 N–H and O–H groups in total. The standard InChI is InChI=1S/C52H40N2/c1-51(36-18-8-4-9-19-36)44-33-31-42-40-23-13-15-25-46(40)54(38-28-26-35(27-29-38)34-16-6-3-7-17-34)50(42)48(44)52(2,37-20-10-5-11-21-37)43-32-30-41-39-22-12-14-24-45(39)53-49(41)47(43)51/h3-33,40,46,53H,1-2H3. The molecule has 7 aromatic carbocycles. The van der Waals surface area contributed by atoms with Crippen LogP contribution in [0.5, 0.6) is 0 Å². The second-order valence-electron chi connectivity index (χ2n) is 15.6. The number of benzene rings is 7. The maximum Gasteiger partial charge on any atom is 0.0629 e. The van der Waals surface area contributed by atoms with Crippen LogP contribution in [0.25, 0.3) is 32.9 Å². The Morgan fingerprint density at radius 3 is 1.80 bits per heavy atom. The van der Waals surface area contributed by atoms with Crippen molar-refractivity contribution in [2.24, 2.45) is 0 Å². The highest BCUT2D eigenvalue weighted by molar-refractivity contribution is 6.09. The van der Waals surface area contributed by atoms with Crippen molar-refractivity contribution in [3.8, 4) is 11.1 Å². The number of H-pyrrole nitrogens is 1. The van der Waals surface area contributed by atoms with E-state index in [2.05, 4.69) is 212 Å². The Morgan fingerprint density at radius 1 is 0.500 bits per heavy atom. The van der Waals surface area contributed by atoms with Crippen LogP contribution >= 0.6 is 0 Å². The number of aromatic nitrogens is 1. The second-order valence-corrected chi connectivity index (χ2v) is 15.6. The third-order valence-corrected chi connectivity index (χ3v) is 12.9. The lowest BCUT2D eigenvalue weighted by Gasteiger charge is -2.49. The number of fused-ring (bicyclic) bond motifs is 10. The van der Waals surface area contributed by atoms with Crippen LogP contribution in [0.4, 0.5) is 11.4 Å².